The number of halogens is 1. The topological polar surface area (TPSA) is 76.4 Å². The lowest BCUT2D eigenvalue weighted by Gasteiger charge is -2.09. The standard InChI is InChI=1S/C18H14FNO4S/c1-11(21)13-4-6-17(14(19)8-13)25-10-18(22)24-15-5-3-12(9-20)7-16(15)23-2/h3-8H,10H2,1-2H3. The first-order chi connectivity index (χ1) is 11.9. The molecule has 2 aromatic rings. The molecule has 2 rings (SSSR count). The van der Waals surface area contributed by atoms with Crippen LogP contribution >= 0.6 is 11.8 Å². The maximum absolute atomic E-state index is 13.9. The summed E-state index contributed by atoms with van der Waals surface area (Å²) in [6, 6.07) is 10.5. The molecule has 0 amide bonds. The highest BCUT2D eigenvalue weighted by Gasteiger charge is 2.13. The van der Waals surface area contributed by atoms with Crippen molar-refractivity contribution in [1.82, 2.24) is 0 Å². The van der Waals surface area contributed by atoms with E-state index in [4.69, 9.17) is 14.7 Å². The Balaban J connectivity index is 2.02. The minimum Gasteiger partial charge on any atom is -0.493 e. The molecule has 5 nitrogen and oxygen atoms in total. The second kappa shape index (κ2) is 8.31. The number of benzene rings is 2. The zero-order valence-corrected chi connectivity index (χ0v) is 14.4. The highest BCUT2D eigenvalue weighted by atomic mass is 32.2. The minimum atomic E-state index is -0.594. The number of Topliss-reactive ketones (excluding diaryl/α,β-unsaturated/α-hetero) is 1. The van der Waals surface area contributed by atoms with Gasteiger partial charge in [0.25, 0.3) is 0 Å². The summed E-state index contributed by atoms with van der Waals surface area (Å²) in [6.07, 6.45) is 0. The fourth-order valence-electron chi connectivity index (χ4n) is 1.95. The molecule has 0 aliphatic carbocycles. The quantitative estimate of drug-likeness (QED) is 0.339. The molecule has 0 aromatic heterocycles. The lowest BCUT2D eigenvalue weighted by molar-refractivity contribution is -0.131. The van der Waals surface area contributed by atoms with E-state index in [2.05, 4.69) is 0 Å². The van der Waals surface area contributed by atoms with E-state index in [0.29, 0.717) is 5.56 Å². The molecule has 0 bridgehead atoms. The average molecular weight is 359 g/mol. The summed E-state index contributed by atoms with van der Waals surface area (Å²) in [7, 11) is 1.40. The van der Waals surface area contributed by atoms with Crippen LogP contribution < -0.4 is 9.47 Å². The van der Waals surface area contributed by atoms with Gasteiger partial charge in [0.1, 0.15) is 5.82 Å². The minimum absolute atomic E-state index is 0.126. The third-order valence-corrected chi connectivity index (χ3v) is 4.22. The summed E-state index contributed by atoms with van der Waals surface area (Å²) in [6.45, 7) is 1.35. The van der Waals surface area contributed by atoms with E-state index in [1.54, 1.807) is 0 Å². The molecule has 128 valence electrons. The van der Waals surface area contributed by atoms with Gasteiger partial charge in [-0.05, 0) is 31.2 Å². The molecule has 0 aliphatic rings. The number of hydrogen-bond acceptors (Lipinski definition) is 6. The molecule has 0 heterocycles. The molecular weight excluding hydrogens is 345 g/mol. The lowest BCUT2D eigenvalue weighted by Crippen LogP contribution is -2.11. The van der Waals surface area contributed by atoms with Crippen molar-refractivity contribution in [3.63, 3.8) is 0 Å². The van der Waals surface area contributed by atoms with Crippen LogP contribution in [0.1, 0.15) is 22.8 Å². The average Bonchev–Trinajstić information content (AvgIpc) is 2.60. The summed E-state index contributed by atoms with van der Waals surface area (Å²) >= 11 is 0.962. The SMILES string of the molecule is COc1cc(C#N)ccc1OC(=O)CSc1ccc(C(C)=O)cc1F. The van der Waals surface area contributed by atoms with Gasteiger partial charge in [-0.25, -0.2) is 4.39 Å². The van der Waals surface area contributed by atoms with E-state index in [1.165, 1.54) is 44.4 Å². The van der Waals surface area contributed by atoms with Gasteiger partial charge in [0.2, 0.25) is 0 Å². The van der Waals surface area contributed by atoms with Crippen LogP contribution in [0.3, 0.4) is 0 Å². The van der Waals surface area contributed by atoms with Crippen molar-refractivity contribution < 1.29 is 23.5 Å². The van der Waals surface area contributed by atoms with E-state index >= 15 is 0 Å². The van der Waals surface area contributed by atoms with Crippen LogP contribution in [0.25, 0.3) is 0 Å². The van der Waals surface area contributed by atoms with Crippen LogP contribution in [-0.4, -0.2) is 24.6 Å². The Bertz CT molecular complexity index is 861. The first kappa shape index (κ1) is 18.5. The third-order valence-electron chi connectivity index (χ3n) is 3.20. The van der Waals surface area contributed by atoms with Gasteiger partial charge < -0.3 is 9.47 Å². The Labute approximate surface area is 148 Å². The molecule has 0 aliphatic heterocycles. The predicted octanol–water partition coefficient (Wildman–Crippen LogP) is 3.61. The molecular formula is C18H14FNO4S. The van der Waals surface area contributed by atoms with E-state index in [0.717, 1.165) is 17.8 Å². The van der Waals surface area contributed by atoms with Gasteiger partial charge in [-0.2, -0.15) is 5.26 Å². The van der Waals surface area contributed by atoms with Crippen molar-refractivity contribution >= 4 is 23.5 Å². The number of nitriles is 1. The van der Waals surface area contributed by atoms with Gasteiger partial charge in [-0.1, -0.05) is 6.07 Å². The van der Waals surface area contributed by atoms with Gasteiger partial charge >= 0.3 is 5.97 Å². The number of nitrogens with zero attached hydrogens (tertiary/aromatic N) is 1. The number of carbonyl (C=O) groups is 2. The number of ketones is 1. The molecule has 7 heteroatoms. The Morgan fingerprint density at radius 3 is 2.56 bits per heavy atom. The van der Waals surface area contributed by atoms with Crippen LogP contribution in [0.15, 0.2) is 41.3 Å². The Hall–Kier alpha value is -2.85. The summed E-state index contributed by atoms with van der Waals surface area (Å²) < 4.78 is 24.2. The summed E-state index contributed by atoms with van der Waals surface area (Å²) in [5.74, 6) is -1.08. The van der Waals surface area contributed by atoms with E-state index < -0.39 is 11.8 Å². The van der Waals surface area contributed by atoms with Crippen molar-refractivity contribution in [2.45, 2.75) is 11.8 Å². The normalized spacial score (nSPS) is 10.0. The second-order valence-corrected chi connectivity index (χ2v) is 5.96. The Morgan fingerprint density at radius 2 is 1.96 bits per heavy atom. The molecule has 0 saturated carbocycles. The molecule has 25 heavy (non-hydrogen) atoms. The molecule has 0 atom stereocenters. The molecule has 0 unspecified atom stereocenters. The number of carbonyl (C=O) groups excluding carboxylic acids is 2. The predicted molar refractivity (Wildman–Crippen MR) is 90.5 cm³/mol. The molecule has 0 N–H and O–H groups in total. The van der Waals surface area contributed by atoms with Gasteiger partial charge in [-0.3, -0.25) is 9.59 Å². The number of rotatable bonds is 6. The van der Waals surface area contributed by atoms with Gasteiger partial charge in [-0.15, -0.1) is 11.8 Å². The maximum Gasteiger partial charge on any atom is 0.321 e. The van der Waals surface area contributed by atoms with E-state index in [1.807, 2.05) is 6.07 Å². The van der Waals surface area contributed by atoms with Gasteiger partial charge in [0.15, 0.2) is 17.3 Å². The first-order valence-corrected chi connectivity index (χ1v) is 8.15. The number of ether oxygens (including phenoxy) is 2. The maximum atomic E-state index is 13.9. The number of esters is 1. The van der Waals surface area contributed by atoms with Crippen molar-refractivity contribution in [2.24, 2.45) is 0 Å². The third kappa shape index (κ3) is 4.81. The molecule has 0 spiro atoms. The lowest BCUT2D eigenvalue weighted by atomic mass is 10.1. The smallest absolute Gasteiger partial charge is 0.321 e. The zero-order valence-electron chi connectivity index (χ0n) is 13.5. The first-order valence-electron chi connectivity index (χ1n) is 7.16. The zero-order chi connectivity index (χ0) is 18.4. The Morgan fingerprint density at radius 1 is 1.20 bits per heavy atom. The van der Waals surface area contributed by atoms with Crippen molar-refractivity contribution in [1.29, 1.82) is 5.26 Å². The summed E-state index contributed by atoms with van der Waals surface area (Å²) in [4.78, 5) is 23.4. The van der Waals surface area contributed by atoms with Crippen molar-refractivity contribution in [3.8, 4) is 17.6 Å². The molecule has 0 saturated heterocycles. The van der Waals surface area contributed by atoms with Crippen LogP contribution in [0, 0.1) is 17.1 Å². The van der Waals surface area contributed by atoms with E-state index in [9.17, 15) is 14.0 Å². The number of thioether (sulfide) groups is 1. The van der Waals surface area contributed by atoms with Gasteiger partial charge in [0, 0.05) is 16.5 Å². The van der Waals surface area contributed by atoms with Gasteiger partial charge in [0.05, 0.1) is 24.5 Å². The second-order valence-electron chi connectivity index (χ2n) is 4.94. The van der Waals surface area contributed by atoms with Crippen LogP contribution in [0.5, 0.6) is 11.5 Å². The number of hydrogen-bond donors (Lipinski definition) is 0. The van der Waals surface area contributed by atoms with Crippen LogP contribution in [-0.2, 0) is 4.79 Å². The largest absolute Gasteiger partial charge is 0.493 e. The van der Waals surface area contributed by atoms with E-state index in [-0.39, 0.29) is 33.5 Å². The van der Waals surface area contributed by atoms with Crippen molar-refractivity contribution in [2.75, 3.05) is 12.9 Å². The fraction of sp³-hybridized carbons (Fsp3) is 0.167. The molecule has 0 fully saturated rings. The highest BCUT2D eigenvalue weighted by Crippen LogP contribution is 2.29. The van der Waals surface area contributed by atoms with Crippen LogP contribution in [0.4, 0.5) is 4.39 Å². The summed E-state index contributed by atoms with van der Waals surface area (Å²) in [5, 5.41) is 8.85. The fourth-order valence-corrected chi connectivity index (χ4v) is 2.64. The Kier molecular flexibility index (Phi) is 6.14. The van der Waals surface area contributed by atoms with Crippen molar-refractivity contribution in [3.05, 3.63) is 53.3 Å². The monoisotopic (exact) mass is 359 g/mol. The molecule has 0 radical (unpaired) electrons. The summed E-state index contributed by atoms with van der Waals surface area (Å²) in [5.41, 5.74) is 0.644. The van der Waals surface area contributed by atoms with Crippen LogP contribution in [0.2, 0.25) is 0 Å². The molecule has 2 aromatic carbocycles. The highest BCUT2D eigenvalue weighted by molar-refractivity contribution is 8.00. The number of methoxy groups -OCH3 is 1.